The number of hydrogen-bond acceptors (Lipinski definition) is 2. The lowest BCUT2D eigenvalue weighted by molar-refractivity contribution is -0.216. The third-order valence-electron chi connectivity index (χ3n) is 6.22. The predicted octanol–water partition coefficient (Wildman–Crippen LogP) is 2.64. The van der Waals surface area contributed by atoms with Crippen LogP contribution in [0.1, 0.15) is 53.4 Å². The highest BCUT2D eigenvalue weighted by atomic mass is 16.4. The molecular weight excluding hydrogens is 212 g/mol. The summed E-state index contributed by atoms with van der Waals surface area (Å²) in [6, 6.07) is 0. The Labute approximate surface area is 104 Å². The molecule has 0 saturated heterocycles. The fourth-order valence-electron chi connectivity index (χ4n) is 5.26. The maximum atomic E-state index is 11.0. The highest BCUT2D eigenvalue weighted by Gasteiger charge is 2.72. The van der Waals surface area contributed by atoms with Gasteiger partial charge in [-0.05, 0) is 58.3 Å². The van der Waals surface area contributed by atoms with E-state index in [0.29, 0.717) is 11.8 Å². The predicted molar refractivity (Wildman–Crippen MR) is 67.5 cm³/mol. The van der Waals surface area contributed by atoms with Crippen molar-refractivity contribution in [3.8, 4) is 0 Å². The molecule has 0 heterocycles. The van der Waals surface area contributed by atoms with Gasteiger partial charge in [0.25, 0.3) is 0 Å². The molecule has 0 aliphatic heterocycles. The first-order chi connectivity index (χ1) is 7.73. The van der Waals surface area contributed by atoms with Crippen molar-refractivity contribution >= 4 is 0 Å². The quantitative estimate of drug-likeness (QED) is 0.635. The Morgan fingerprint density at radius 2 is 1.88 bits per heavy atom. The van der Waals surface area contributed by atoms with E-state index in [-0.39, 0.29) is 5.41 Å². The SMILES string of the molecule is CC(C)=C1CC2(C)C3CCC2(O)[C@](C)(O)CC13. The molecule has 3 rings (SSSR count). The highest BCUT2D eigenvalue weighted by molar-refractivity contribution is 5.35. The van der Waals surface area contributed by atoms with Crippen molar-refractivity contribution in [3.05, 3.63) is 11.1 Å². The molecule has 0 aromatic rings. The second kappa shape index (κ2) is 2.97. The van der Waals surface area contributed by atoms with Crippen LogP contribution in [0.4, 0.5) is 0 Å². The van der Waals surface area contributed by atoms with Crippen molar-refractivity contribution in [1.29, 1.82) is 0 Å². The summed E-state index contributed by atoms with van der Waals surface area (Å²) in [5.74, 6) is 1.08. The van der Waals surface area contributed by atoms with E-state index >= 15 is 0 Å². The van der Waals surface area contributed by atoms with E-state index in [2.05, 4.69) is 20.8 Å². The Kier molecular flexibility index (Phi) is 2.05. The molecular formula is C15H24O2. The number of rotatable bonds is 0. The molecule has 2 N–H and O–H groups in total. The normalized spacial score (nSPS) is 56.5. The van der Waals surface area contributed by atoms with Crippen LogP contribution in [-0.2, 0) is 0 Å². The van der Waals surface area contributed by atoms with Gasteiger partial charge in [0.2, 0.25) is 0 Å². The van der Waals surface area contributed by atoms with E-state index in [1.807, 2.05) is 6.92 Å². The first-order valence-corrected chi connectivity index (χ1v) is 6.84. The van der Waals surface area contributed by atoms with Crippen molar-refractivity contribution < 1.29 is 10.2 Å². The number of allylic oxidation sites excluding steroid dienone is 2. The Morgan fingerprint density at radius 1 is 1.24 bits per heavy atom. The highest BCUT2D eigenvalue weighted by Crippen LogP contribution is 2.71. The van der Waals surface area contributed by atoms with Gasteiger partial charge in [0.05, 0.1) is 11.2 Å². The Bertz CT molecular complexity index is 405. The van der Waals surface area contributed by atoms with Crippen LogP contribution in [0.3, 0.4) is 0 Å². The second-order valence-corrected chi connectivity index (χ2v) is 7.21. The summed E-state index contributed by atoms with van der Waals surface area (Å²) in [5.41, 5.74) is 1.00. The lowest BCUT2D eigenvalue weighted by Crippen LogP contribution is -2.62. The first kappa shape index (κ1) is 11.7. The molecule has 17 heavy (non-hydrogen) atoms. The zero-order valence-corrected chi connectivity index (χ0v) is 11.4. The molecule has 2 heteroatoms. The monoisotopic (exact) mass is 236 g/mol. The third kappa shape index (κ3) is 1.09. The molecule has 3 aliphatic carbocycles. The zero-order chi connectivity index (χ0) is 12.6. The summed E-state index contributed by atoms with van der Waals surface area (Å²) in [7, 11) is 0. The van der Waals surface area contributed by atoms with Gasteiger partial charge in [0, 0.05) is 5.41 Å². The van der Waals surface area contributed by atoms with Gasteiger partial charge in [-0.15, -0.1) is 0 Å². The standard InChI is InChI=1S/C15H24O2/c1-9(2)10-7-13(3)12-5-6-15(13,17)14(4,16)8-11(10)12/h11-12,16-17H,5-8H2,1-4H3/t11?,12?,13?,14-,15?/m1/s1. The third-order valence-corrected chi connectivity index (χ3v) is 6.22. The lowest BCUT2D eigenvalue weighted by Gasteiger charge is -2.52. The van der Waals surface area contributed by atoms with Crippen LogP contribution in [0, 0.1) is 17.3 Å². The molecule has 0 aromatic heterocycles. The van der Waals surface area contributed by atoms with Crippen LogP contribution >= 0.6 is 0 Å². The van der Waals surface area contributed by atoms with E-state index in [1.54, 1.807) is 0 Å². The molecule has 3 fully saturated rings. The van der Waals surface area contributed by atoms with Gasteiger partial charge in [0.1, 0.15) is 0 Å². The maximum Gasteiger partial charge on any atom is 0.0989 e. The lowest BCUT2D eigenvalue weighted by atomic mass is 9.58. The van der Waals surface area contributed by atoms with Crippen LogP contribution in [0.5, 0.6) is 0 Å². The molecule has 96 valence electrons. The van der Waals surface area contributed by atoms with Gasteiger partial charge in [-0.3, -0.25) is 0 Å². The molecule has 5 atom stereocenters. The van der Waals surface area contributed by atoms with Crippen LogP contribution in [0.2, 0.25) is 0 Å². The molecule has 2 nitrogen and oxygen atoms in total. The van der Waals surface area contributed by atoms with Crippen molar-refractivity contribution in [3.63, 3.8) is 0 Å². The molecule has 0 radical (unpaired) electrons. The van der Waals surface area contributed by atoms with Crippen LogP contribution in [0.25, 0.3) is 0 Å². The minimum atomic E-state index is -0.920. The van der Waals surface area contributed by atoms with Gasteiger partial charge >= 0.3 is 0 Å². The zero-order valence-electron chi connectivity index (χ0n) is 11.4. The van der Waals surface area contributed by atoms with Crippen molar-refractivity contribution in [2.24, 2.45) is 17.3 Å². The summed E-state index contributed by atoms with van der Waals surface area (Å²) in [6.45, 7) is 8.38. The van der Waals surface area contributed by atoms with E-state index in [0.717, 1.165) is 25.7 Å². The van der Waals surface area contributed by atoms with E-state index in [9.17, 15) is 10.2 Å². The van der Waals surface area contributed by atoms with Gasteiger partial charge in [-0.25, -0.2) is 0 Å². The molecule has 3 saturated carbocycles. The van der Waals surface area contributed by atoms with Gasteiger partial charge < -0.3 is 10.2 Å². The summed E-state index contributed by atoms with van der Waals surface area (Å²) in [5, 5.41) is 21.7. The van der Waals surface area contributed by atoms with Crippen LogP contribution < -0.4 is 0 Å². The van der Waals surface area contributed by atoms with Crippen molar-refractivity contribution in [1.82, 2.24) is 0 Å². The van der Waals surface area contributed by atoms with Crippen molar-refractivity contribution in [2.45, 2.75) is 64.6 Å². The summed E-state index contributed by atoms with van der Waals surface area (Å²) >= 11 is 0. The maximum absolute atomic E-state index is 11.0. The second-order valence-electron chi connectivity index (χ2n) is 7.21. The Balaban J connectivity index is 2.18. The Hall–Kier alpha value is -0.340. The van der Waals surface area contributed by atoms with Gasteiger partial charge in [-0.2, -0.15) is 0 Å². The first-order valence-electron chi connectivity index (χ1n) is 6.84. The summed E-state index contributed by atoms with van der Waals surface area (Å²) in [4.78, 5) is 0. The van der Waals surface area contributed by atoms with Gasteiger partial charge in [-0.1, -0.05) is 18.1 Å². The molecule has 0 amide bonds. The van der Waals surface area contributed by atoms with Crippen LogP contribution in [-0.4, -0.2) is 21.4 Å². The number of hydrogen-bond donors (Lipinski definition) is 2. The molecule has 0 aromatic carbocycles. The minimum Gasteiger partial charge on any atom is -0.387 e. The fourth-order valence-corrected chi connectivity index (χ4v) is 5.26. The molecule has 3 aliphatic rings. The Morgan fingerprint density at radius 3 is 2.47 bits per heavy atom. The van der Waals surface area contributed by atoms with E-state index in [4.69, 9.17) is 0 Å². The minimum absolute atomic E-state index is 0.105. The summed E-state index contributed by atoms with van der Waals surface area (Å²) in [6.07, 6.45) is 3.57. The smallest absolute Gasteiger partial charge is 0.0989 e. The largest absolute Gasteiger partial charge is 0.387 e. The average Bonchev–Trinajstić information content (AvgIpc) is 2.55. The van der Waals surface area contributed by atoms with Crippen LogP contribution in [0.15, 0.2) is 11.1 Å². The van der Waals surface area contributed by atoms with Crippen molar-refractivity contribution in [2.75, 3.05) is 0 Å². The van der Waals surface area contributed by atoms with Gasteiger partial charge in [0.15, 0.2) is 0 Å². The molecule has 0 spiro atoms. The van der Waals surface area contributed by atoms with E-state index < -0.39 is 11.2 Å². The average molecular weight is 236 g/mol. The number of aliphatic hydroxyl groups is 2. The molecule has 4 bridgehead atoms. The van der Waals surface area contributed by atoms with E-state index in [1.165, 1.54) is 11.1 Å². The summed E-state index contributed by atoms with van der Waals surface area (Å²) < 4.78 is 0. The fraction of sp³-hybridized carbons (Fsp3) is 0.867. The topological polar surface area (TPSA) is 40.5 Å². The molecule has 4 unspecified atom stereocenters.